The van der Waals surface area contributed by atoms with Crippen LogP contribution in [0.25, 0.3) is 0 Å². The van der Waals surface area contributed by atoms with Gasteiger partial charge in [0.15, 0.2) is 0 Å². The summed E-state index contributed by atoms with van der Waals surface area (Å²) in [6.45, 7) is 0. The van der Waals surface area contributed by atoms with Gasteiger partial charge in [-0.25, -0.2) is 8.78 Å². The van der Waals surface area contributed by atoms with Gasteiger partial charge in [0.25, 0.3) is 5.91 Å². The summed E-state index contributed by atoms with van der Waals surface area (Å²) in [5.41, 5.74) is 5.57. The highest BCUT2D eigenvalue weighted by Crippen LogP contribution is 2.22. The number of nitrogens with two attached hydrogens (primary N) is 1. The highest BCUT2D eigenvalue weighted by molar-refractivity contribution is 9.10. The lowest BCUT2D eigenvalue weighted by Gasteiger charge is -2.17. The van der Waals surface area contributed by atoms with E-state index >= 15 is 0 Å². The second kappa shape index (κ2) is 7.72. The van der Waals surface area contributed by atoms with Gasteiger partial charge in [-0.15, -0.1) is 0 Å². The summed E-state index contributed by atoms with van der Waals surface area (Å²) >= 11 is 9.22. The third-order valence-corrected chi connectivity index (χ3v) is 4.27. The third kappa shape index (κ3) is 4.52. The fourth-order valence-corrected chi connectivity index (χ4v) is 2.66. The van der Waals surface area contributed by atoms with E-state index in [4.69, 9.17) is 17.3 Å². The molecule has 24 heavy (non-hydrogen) atoms. The average Bonchev–Trinajstić information content (AvgIpc) is 2.49. The van der Waals surface area contributed by atoms with E-state index in [1.54, 1.807) is 18.2 Å². The predicted octanol–water partition coefficient (Wildman–Crippen LogP) is 3.21. The van der Waals surface area contributed by atoms with Crippen LogP contribution in [0.15, 0.2) is 40.9 Å². The first-order chi connectivity index (χ1) is 11.3. The monoisotopic (exact) mass is 416 g/mol. The Morgan fingerprint density at radius 1 is 1.21 bits per heavy atom. The van der Waals surface area contributed by atoms with Crippen molar-refractivity contribution in [2.75, 3.05) is 0 Å². The number of hydrogen-bond donors (Lipinski definition) is 2. The summed E-state index contributed by atoms with van der Waals surface area (Å²) in [4.78, 5) is 23.7. The van der Waals surface area contributed by atoms with Crippen LogP contribution in [0.1, 0.15) is 15.9 Å². The van der Waals surface area contributed by atoms with E-state index in [9.17, 15) is 18.4 Å². The number of rotatable bonds is 5. The lowest BCUT2D eigenvalue weighted by atomic mass is 10.0. The van der Waals surface area contributed by atoms with E-state index in [0.717, 1.165) is 12.1 Å². The van der Waals surface area contributed by atoms with Gasteiger partial charge in [-0.3, -0.25) is 9.59 Å². The first-order valence-corrected chi connectivity index (χ1v) is 7.94. The summed E-state index contributed by atoms with van der Waals surface area (Å²) in [5, 5.41) is 2.80. The molecule has 0 spiro atoms. The summed E-state index contributed by atoms with van der Waals surface area (Å²) < 4.78 is 27.2. The smallest absolute Gasteiger partial charge is 0.254 e. The molecule has 1 atom stereocenters. The molecule has 126 valence electrons. The van der Waals surface area contributed by atoms with Gasteiger partial charge >= 0.3 is 0 Å². The van der Waals surface area contributed by atoms with Gasteiger partial charge < -0.3 is 11.1 Å². The zero-order valence-corrected chi connectivity index (χ0v) is 14.5. The number of halogens is 4. The number of hydrogen-bond acceptors (Lipinski definition) is 2. The number of carbonyl (C=O) groups is 2. The van der Waals surface area contributed by atoms with Gasteiger partial charge in [0, 0.05) is 22.0 Å². The molecule has 0 bridgehead atoms. The molecule has 0 aliphatic heterocycles. The van der Waals surface area contributed by atoms with Crippen LogP contribution in [0.4, 0.5) is 8.78 Å². The van der Waals surface area contributed by atoms with E-state index in [2.05, 4.69) is 21.2 Å². The van der Waals surface area contributed by atoms with E-state index in [-0.39, 0.29) is 12.0 Å². The number of nitrogens with one attached hydrogen (secondary N) is 1. The summed E-state index contributed by atoms with van der Waals surface area (Å²) in [5.74, 6) is -3.50. The maximum Gasteiger partial charge on any atom is 0.254 e. The van der Waals surface area contributed by atoms with Crippen molar-refractivity contribution in [3.63, 3.8) is 0 Å². The van der Waals surface area contributed by atoms with Crippen molar-refractivity contribution in [1.29, 1.82) is 0 Å². The molecule has 0 aliphatic carbocycles. The maximum atomic E-state index is 13.7. The fourth-order valence-electron chi connectivity index (χ4n) is 2.05. The van der Waals surface area contributed by atoms with Crippen molar-refractivity contribution in [3.05, 3.63) is 68.7 Å². The number of amides is 2. The minimum Gasteiger partial charge on any atom is -0.368 e. The first-order valence-electron chi connectivity index (χ1n) is 6.77. The quantitative estimate of drug-likeness (QED) is 0.784. The van der Waals surface area contributed by atoms with Gasteiger partial charge in [-0.05, 0) is 35.9 Å². The molecule has 2 rings (SSSR count). The van der Waals surface area contributed by atoms with Crippen LogP contribution >= 0.6 is 27.5 Å². The average molecular weight is 418 g/mol. The Labute approximate surface area is 150 Å². The van der Waals surface area contributed by atoms with E-state index in [0.29, 0.717) is 21.1 Å². The van der Waals surface area contributed by atoms with Gasteiger partial charge in [0.1, 0.15) is 17.7 Å². The zero-order chi connectivity index (χ0) is 17.9. The molecule has 0 radical (unpaired) electrons. The Kier molecular flexibility index (Phi) is 5.90. The molecule has 0 unspecified atom stereocenters. The van der Waals surface area contributed by atoms with Crippen molar-refractivity contribution in [2.45, 2.75) is 12.5 Å². The Morgan fingerprint density at radius 2 is 1.92 bits per heavy atom. The number of benzene rings is 2. The van der Waals surface area contributed by atoms with Crippen molar-refractivity contribution in [1.82, 2.24) is 5.32 Å². The molecule has 0 aromatic heterocycles. The van der Waals surface area contributed by atoms with E-state index in [1.165, 1.54) is 0 Å². The molecule has 4 nitrogen and oxygen atoms in total. The van der Waals surface area contributed by atoms with Crippen LogP contribution in [-0.4, -0.2) is 17.9 Å². The molecule has 2 aromatic carbocycles. The SMILES string of the molecule is NC(=O)[C@H](Cc1cc(Cl)ccc1Br)NC(=O)c1ccc(F)cc1F. The van der Waals surface area contributed by atoms with Crippen LogP contribution < -0.4 is 11.1 Å². The second-order valence-corrected chi connectivity index (χ2v) is 6.28. The second-order valence-electron chi connectivity index (χ2n) is 4.99. The largest absolute Gasteiger partial charge is 0.368 e. The minimum atomic E-state index is -1.09. The number of primary amides is 1. The van der Waals surface area contributed by atoms with Crippen LogP contribution in [0, 0.1) is 11.6 Å². The Morgan fingerprint density at radius 3 is 2.54 bits per heavy atom. The van der Waals surface area contributed by atoms with Crippen LogP contribution in [0.5, 0.6) is 0 Å². The number of carbonyl (C=O) groups excluding carboxylic acids is 2. The topological polar surface area (TPSA) is 72.2 Å². The van der Waals surface area contributed by atoms with Crippen molar-refractivity contribution in [3.8, 4) is 0 Å². The van der Waals surface area contributed by atoms with Gasteiger partial charge in [0.05, 0.1) is 5.56 Å². The highest BCUT2D eigenvalue weighted by atomic mass is 79.9. The van der Waals surface area contributed by atoms with Gasteiger partial charge in [-0.1, -0.05) is 27.5 Å². The van der Waals surface area contributed by atoms with E-state index < -0.39 is 29.5 Å². The van der Waals surface area contributed by atoms with Crippen molar-refractivity contribution >= 4 is 39.3 Å². The molecule has 0 heterocycles. The molecule has 0 aliphatic rings. The first kappa shape index (κ1) is 18.4. The van der Waals surface area contributed by atoms with Crippen molar-refractivity contribution in [2.24, 2.45) is 5.73 Å². The maximum absolute atomic E-state index is 13.7. The molecule has 3 N–H and O–H groups in total. The van der Waals surface area contributed by atoms with Crippen LogP contribution in [-0.2, 0) is 11.2 Å². The summed E-state index contributed by atoms with van der Waals surface area (Å²) in [7, 11) is 0. The Hall–Kier alpha value is -1.99. The molecule has 2 aromatic rings. The predicted molar refractivity (Wildman–Crippen MR) is 89.7 cm³/mol. The molecular formula is C16H12BrClF2N2O2. The Bertz CT molecular complexity index is 802. The van der Waals surface area contributed by atoms with Crippen LogP contribution in [0.2, 0.25) is 5.02 Å². The molecule has 0 saturated carbocycles. The van der Waals surface area contributed by atoms with Gasteiger partial charge in [0.2, 0.25) is 5.91 Å². The lowest BCUT2D eigenvalue weighted by molar-refractivity contribution is -0.119. The summed E-state index contributed by atoms with van der Waals surface area (Å²) in [6.07, 6.45) is 0.0605. The molecule has 8 heteroatoms. The normalized spacial score (nSPS) is 11.8. The molecule has 0 saturated heterocycles. The Balaban J connectivity index is 2.21. The minimum absolute atomic E-state index is 0.0605. The third-order valence-electron chi connectivity index (χ3n) is 3.26. The van der Waals surface area contributed by atoms with Gasteiger partial charge in [-0.2, -0.15) is 0 Å². The highest BCUT2D eigenvalue weighted by Gasteiger charge is 2.22. The van der Waals surface area contributed by atoms with Crippen molar-refractivity contribution < 1.29 is 18.4 Å². The standard InChI is InChI=1S/C16H12BrClF2N2O2/c17-12-4-1-9(18)5-8(12)6-14(15(21)23)22-16(24)11-3-2-10(19)7-13(11)20/h1-5,7,14H,6H2,(H2,21,23)(H,22,24)/t14-/m0/s1. The fraction of sp³-hybridized carbons (Fsp3) is 0.125. The molecular weight excluding hydrogens is 406 g/mol. The van der Waals surface area contributed by atoms with E-state index in [1.807, 2.05) is 0 Å². The summed E-state index contributed by atoms with van der Waals surface area (Å²) in [6, 6.07) is 6.40. The lowest BCUT2D eigenvalue weighted by Crippen LogP contribution is -2.46. The molecule has 2 amide bonds. The zero-order valence-electron chi connectivity index (χ0n) is 12.2. The van der Waals surface area contributed by atoms with Crippen LogP contribution in [0.3, 0.4) is 0 Å². The molecule has 0 fully saturated rings.